The van der Waals surface area contributed by atoms with Crippen LogP contribution in [-0.2, 0) is 11.3 Å². The van der Waals surface area contributed by atoms with Crippen LogP contribution < -0.4 is 0 Å². The van der Waals surface area contributed by atoms with E-state index in [0.29, 0.717) is 18.7 Å². The summed E-state index contributed by atoms with van der Waals surface area (Å²) in [5.41, 5.74) is 2.27. The van der Waals surface area contributed by atoms with Gasteiger partial charge >= 0.3 is 0 Å². The lowest BCUT2D eigenvalue weighted by molar-refractivity contribution is -0.118. The van der Waals surface area contributed by atoms with Crippen molar-refractivity contribution in [2.24, 2.45) is 10.2 Å². The summed E-state index contributed by atoms with van der Waals surface area (Å²) in [6.07, 6.45) is 2.10. The van der Waals surface area contributed by atoms with Gasteiger partial charge in [0.05, 0.1) is 12.1 Å². The summed E-state index contributed by atoms with van der Waals surface area (Å²) >= 11 is 0. The lowest BCUT2D eigenvalue weighted by Gasteiger charge is -2.06. The van der Waals surface area contributed by atoms with Crippen molar-refractivity contribution >= 4 is 22.5 Å². The molecule has 0 atom stereocenters. The Morgan fingerprint density at radius 2 is 1.80 bits per heavy atom. The zero-order valence-corrected chi connectivity index (χ0v) is 14.2. The largest absolute Gasteiger partial charge is 0.493 e. The first kappa shape index (κ1) is 16.9. The van der Waals surface area contributed by atoms with Crippen LogP contribution >= 0.6 is 0 Å². The molecule has 0 aliphatic carbocycles. The predicted molar refractivity (Wildman–Crippen MR) is 98.2 cm³/mol. The molecule has 0 fully saturated rings. The zero-order valence-electron chi connectivity index (χ0n) is 14.2. The summed E-state index contributed by atoms with van der Waals surface area (Å²) < 4.78 is 1.79. The molecular formula is C20H21N3O2. The molecule has 0 saturated heterocycles. The summed E-state index contributed by atoms with van der Waals surface area (Å²) in [5, 5.41) is 19.3. The third-order valence-electron chi connectivity index (χ3n) is 4.11. The Balaban J connectivity index is 1.98. The molecule has 5 heteroatoms. The maximum Gasteiger partial charge on any atom is 0.264 e. The van der Waals surface area contributed by atoms with Crippen LogP contribution in [0.5, 0.6) is 5.88 Å². The normalized spacial score (nSPS) is 11.4. The molecule has 0 aliphatic rings. The average molecular weight is 335 g/mol. The molecule has 1 aromatic heterocycles. The van der Waals surface area contributed by atoms with E-state index >= 15 is 0 Å². The second kappa shape index (κ2) is 7.75. The van der Waals surface area contributed by atoms with E-state index in [-0.39, 0.29) is 11.8 Å². The molecule has 25 heavy (non-hydrogen) atoms. The van der Waals surface area contributed by atoms with Crippen LogP contribution in [0.3, 0.4) is 0 Å². The number of amides is 1. The number of carbonyl (C=O) groups is 1. The van der Waals surface area contributed by atoms with E-state index in [1.165, 1.54) is 0 Å². The number of fused-ring (bicyclic) bond motifs is 1. The number of carbonyl (C=O) groups excluding carboxylic acids is 1. The van der Waals surface area contributed by atoms with E-state index in [2.05, 4.69) is 10.2 Å². The SMILES string of the molecule is CCCCC(=O)N=Nc1c(O)n(Cc2ccccc2)c2ccccc12. The van der Waals surface area contributed by atoms with Gasteiger partial charge in [-0.25, -0.2) is 0 Å². The van der Waals surface area contributed by atoms with Gasteiger partial charge in [-0.1, -0.05) is 61.9 Å². The number of aromatic hydroxyl groups is 1. The molecule has 2 aromatic carbocycles. The second-order valence-corrected chi connectivity index (χ2v) is 5.96. The van der Waals surface area contributed by atoms with Gasteiger partial charge in [0, 0.05) is 11.8 Å². The van der Waals surface area contributed by atoms with E-state index in [9.17, 15) is 9.90 Å². The molecule has 1 amide bonds. The molecule has 0 spiro atoms. The van der Waals surface area contributed by atoms with Gasteiger partial charge in [-0.3, -0.25) is 4.79 Å². The maximum absolute atomic E-state index is 11.8. The van der Waals surface area contributed by atoms with Crippen molar-refractivity contribution in [2.75, 3.05) is 0 Å². The Bertz CT molecular complexity index is 898. The van der Waals surface area contributed by atoms with E-state index in [4.69, 9.17) is 0 Å². The fourth-order valence-electron chi connectivity index (χ4n) is 2.78. The second-order valence-electron chi connectivity index (χ2n) is 5.96. The van der Waals surface area contributed by atoms with E-state index < -0.39 is 0 Å². The number of benzene rings is 2. The molecule has 0 bridgehead atoms. The van der Waals surface area contributed by atoms with Gasteiger partial charge < -0.3 is 9.67 Å². The minimum absolute atomic E-state index is 0.0251. The summed E-state index contributed by atoms with van der Waals surface area (Å²) in [4.78, 5) is 11.8. The Morgan fingerprint density at radius 1 is 1.08 bits per heavy atom. The third-order valence-corrected chi connectivity index (χ3v) is 4.11. The number of nitrogens with zero attached hydrogens (tertiary/aromatic N) is 3. The number of azo groups is 1. The Hall–Kier alpha value is -2.95. The Kier molecular flexibility index (Phi) is 5.23. The number of hydrogen-bond donors (Lipinski definition) is 1. The number of hydrogen-bond acceptors (Lipinski definition) is 3. The topological polar surface area (TPSA) is 66.9 Å². The van der Waals surface area contributed by atoms with Crippen molar-refractivity contribution in [2.45, 2.75) is 32.7 Å². The monoisotopic (exact) mass is 335 g/mol. The average Bonchev–Trinajstić information content (AvgIpc) is 2.91. The molecule has 0 saturated carbocycles. The highest BCUT2D eigenvalue weighted by Crippen LogP contribution is 2.39. The first-order valence-corrected chi connectivity index (χ1v) is 8.49. The molecule has 1 N–H and O–H groups in total. The molecular weight excluding hydrogens is 314 g/mol. The van der Waals surface area contributed by atoms with Gasteiger partial charge in [0.2, 0.25) is 5.88 Å². The van der Waals surface area contributed by atoms with Crippen LogP contribution in [0.2, 0.25) is 0 Å². The quantitative estimate of drug-likeness (QED) is 0.629. The van der Waals surface area contributed by atoms with Crippen LogP contribution in [0.4, 0.5) is 5.69 Å². The first-order valence-electron chi connectivity index (χ1n) is 8.49. The molecule has 0 aliphatic heterocycles. The molecule has 128 valence electrons. The highest BCUT2D eigenvalue weighted by atomic mass is 16.3. The van der Waals surface area contributed by atoms with Crippen LogP contribution in [-0.4, -0.2) is 15.6 Å². The summed E-state index contributed by atoms with van der Waals surface area (Å²) in [6, 6.07) is 17.5. The third kappa shape index (κ3) is 3.76. The van der Waals surface area contributed by atoms with Crippen molar-refractivity contribution in [3.63, 3.8) is 0 Å². The van der Waals surface area contributed by atoms with Crippen LogP contribution in [0.25, 0.3) is 10.9 Å². The summed E-state index contributed by atoms with van der Waals surface area (Å²) in [5.74, 6) is -0.238. The minimum atomic E-state index is -0.263. The van der Waals surface area contributed by atoms with Crippen molar-refractivity contribution in [1.29, 1.82) is 0 Å². The van der Waals surface area contributed by atoms with E-state index in [1.807, 2.05) is 61.5 Å². The zero-order chi connectivity index (χ0) is 17.6. The van der Waals surface area contributed by atoms with Crippen molar-refractivity contribution in [1.82, 2.24) is 4.57 Å². The van der Waals surface area contributed by atoms with E-state index in [1.54, 1.807) is 4.57 Å². The number of para-hydroxylation sites is 1. The van der Waals surface area contributed by atoms with Gasteiger partial charge in [0.1, 0.15) is 0 Å². The van der Waals surface area contributed by atoms with Gasteiger partial charge in [-0.2, -0.15) is 0 Å². The highest BCUT2D eigenvalue weighted by molar-refractivity contribution is 5.95. The van der Waals surface area contributed by atoms with Crippen molar-refractivity contribution in [3.05, 3.63) is 60.2 Å². The van der Waals surface area contributed by atoms with Crippen molar-refractivity contribution in [3.8, 4) is 5.88 Å². The Morgan fingerprint density at radius 3 is 2.56 bits per heavy atom. The smallest absolute Gasteiger partial charge is 0.264 e. The molecule has 5 nitrogen and oxygen atoms in total. The van der Waals surface area contributed by atoms with E-state index in [0.717, 1.165) is 29.3 Å². The van der Waals surface area contributed by atoms with Crippen molar-refractivity contribution < 1.29 is 9.90 Å². The lowest BCUT2D eigenvalue weighted by atomic mass is 10.2. The lowest BCUT2D eigenvalue weighted by Crippen LogP contribution is -1.98. The molecule has 1 heterocycles. The predicted octanol–water partition coefficient (Wildman–Crippen LogP) is 5.20. The molecule has 0 unspecified atom stereocenters. The minimum Gasteiger partial charge on any atom is -0.493 e. The highest BCUT2D eigenvalue weighted by Gasteiger charge is 2.16. The fourth-order valence-corrected chi connectivity index (χ4v) is 2.78. The fraction of sp³-hybridized carbons (Fsp3) is 0.250. The first-order chi connectivity index (χ1) is 12.2. The summed E-state index contributed by atoms with van der Waals surface area (Å²) in [7, 11) is 0. The summed E-state index contributed by atoms with van der Waals surface area (Å²) in [6.45, 7) is 2.54. The van der Waals surface area contributed by atoms with Gasteiger partial charge in [0.15, 0.2) is 5.69 Å². The number of aromatic nitrogens is 1. The van der Waals surface area contributed by atoms with Crippen LogP contribution in [0.15, 0.2) is 64.8 Å². The Labute approximate surface area is 146 Å². The number of rotatable bonds is 6. The molecule has 0 radical (unpaired) electrons. The van der Waals surface area contributed by atoms with Crippen LogP contribution in [0.1, 0.15) is 31.7 Å². The van der Waals surface area contributed by atoms with Gasteiger partial charge in [-0.15, -0.1) is 10.2 Å². The standard InChI is InChI=1S/C20H21N3O2/c1-2-3-13-18(24)21-22-19-16-11-7-8-12-17(16)23(20(19)25)14-15-9-5-4-6-10-15/h4-12,25H,2-3,13-14H2,1H3. The molecule has 3 rings (SSSR count). The maximum atomic E-state index is 11.8. The molecule has 3 aromatic rings. The van der Waals surface area contributed by atoms with Gasteiger partial charge in [-0.05, 0) is 18.1 Å². The van der Waals surface area contributed by atoms with Crippen LogP contribution in [0, 0.1) is 0 Å². The number of unbranched alkanes of at least 4 members (excludes halogenated alkanes) is 1. The van der Waals surface area contributed by atoms with Gasteiger partial charge in [0.25, 0.3) is 5.91 Å².